The van der Waals surface area contributed by atoms with Crippen molar-refractivity contribution in [2.24, 2.45) is 0 Å². The van der Waals surface area contributed by atoms with E-state index in [1.54, 1.807) is 12.3 Å². The molecular formula is C17H15N5O2. The lowest BCUT2D eigenvalue weighted by Gasteiger charge is -2.27. The molecular weight excluding hydrogens is 306 g/mol. The summed E-state index contributed by atoms with van der Waals surface area (Å²) in [5.74, 6) is 0.761. The van der Waals surface area contributed by atoms with E-state index >= 15 is 0 Å². The molecule has 24 heavy (non-hydrogen) atoms. The number of aromatic nitrogens is 3. The Hall–Kier alpha value is -3.22. The lowest BCUT2D eigenvalue weighted by atomic mass is 9.99. The molecule has 4 rings (SSSR count). The zero-order valence-electron chi connectivity index (χ0n) is 12.8. The van der Waals surface area contributed by atoms with Crippen LogP contribution in [-0.4, -0.2) is 33.0 Å². The first-order valence-electron chi connectivity index (χ1n) is 7.69. The van der Waals surface area contributed by atoms with Crippen molar-refractivity contribution in [1.29, 1.82) is 0 Å². The van der Waals surface area contributed by atoms with Crippen molar-refractivity contribution in [3.63, 3.8) is 0 Å². The van der Waals surface area contributed by atoms with Crippen molar-refractivity contribution < 1.29 is 4.92 Å². The van der Waals surface area contributed by atoms with Crippen LogP contribution < -0.4 is 4.90 Å². The van der Waals surface area contributed by atoms with Crippen molar-refractivity contribution in [3.8, 4) is 0 Å². The smallest absolute Gasteiger partial charge is 0.287 e. The first-order chi connectivity index (χ1) is 11.7. The van der Waals surface area contributed by atoms with Crippen molar-refractivity contribution in [1.82, 2.24) is 15.0 Å². The van der Waals surface area contributed by atoms with Crippen molar-refractivity contribution in [2.75, 3.05) is 18.0 Å². The van der Waals surface area contributed by atoms with Gasteiger partial charge in [-0.3, -0.25) is 10.1 Å². The summed E-state index contributed by atoms with van der Waals surface area (Å²) in [7, 11) is 0. The van der Waals surface area contributed by atoms with E-state index in [4.69, 9.17) is 0 Å². The molecule has 7 heteroatoms. The van der Waals surface area contributed by atoms with Crippen LogP contribution in [0.3, 0.4) is 0 Å². The molecule has 1 aliphatic rings. The number of hydrogen-bond donors (Lipinski definition) is 1. The number of pyridine rings is 2. The normalized spacial score (nSPS) is 14.7. The number of aromatic amines is 1. The Balaban J connectivity index is 1.56. The highest BCUT2D eigenvalue weighted by atomic mass is 16.6. The van der Waals surface area contributed by atoms with E-state index in [0.717, 1.165) is 36.4 Å². The van der Waals surface area contributed by atoms with E-state index < -0.39 is 4.92 Å². The molecule has 120 valence electrons. The molecule has 0 radical (unpaired) electrons. The van der Waals surface area contributed by atoms with Gasteiger partial charge in [-0.1, -0.05) is 6.08 Å². The van der Waals surface area contributed by atoms with Gasteiger partial charge in [0.25, 0.3) is 5.69 Å². The summed E-state index contributed by atoms with van der Waals surface area (Å²) < 4.78 is 0. The highest BCUT2D eigenvalue weighted by Crippen LogP contribution is 2.29. The van der Waals surface area contributed by atoms with Gasteiger partial charge >= 0.3 is 0 Å². The largest absolute Gasteiger partial charge is 0.353 e. The molecule has 7 nitrogen and oxygen atoms in total. The van der Waals surface area contributed by atoms with Crippen LogP contribution in [0.15, 0.2) is 48.9 Å². The second kappa shape index (κ2) is 5.77. The van der Waals surface area contributed by atoms with Gasteiger partial charge in [-0.15, -0.1) is 0 Å². The zero-order valence-corrected chi connectivity index (χ0v) is 12.8. The molecule has 0 aliphatic carbocycles. The Morgan fingerprint density at radius 2 is 2.17 bits per heavy atom. The molecule has 3 aromatic rings. The third-order valence-electron chi connectivity index (χ3n) is 4.27. The zero-order chi connectivity index (χ0) is 16.5. The Kier molecular flexibility index (Phi) is 3.45. The van der Waals surface area contributed by atoms with Gasteiger partial charge in [0, 0.05) is 42.5 Å². The molecule has 0 aromatic carbocycles. The van der Waals surface area contributed by atoms with Crippen LogP contribution in [0.5, 0.6) is 0 Å². The third kappa shape index (κ3) is 2.50. The number of H-pyrrole nitrogens is 1. The Labute approximate surface area is 137 Å². The van der Waals surface area contributed by atoms with Crippen molar-refractivity contribution in [3.05, 3.63) is 64.6 Å². The molecule has 0 unspecified atom stereocenters. The van der Waals surface area contributed by atoms with E-state index in [1.807, 2.05) is 12.3 Å². The van der Waals surface area contributed by atoms with Crippen LogP contribution in [0.4, 0.5) is 11.5 Å². The van der Waals surface area contributed by atoms with Crippen LogP contribution in [0, 0.1) is 10.1 Å². The molecule has 0 atom stereocenters. The Morgan fingerprint density at radius 3 is 2.88 bits per heavy atom. The second-order valence-corrected chi connectivity index (χ2v) is 5.66. The molecule has 1 N–H and O–H groups in total. The maximum Gasteiger partial charge on any atom is 0.287 e. The fourth-order valence-corrected chi connectivity index (χ4v) is 3.02. The molecule has 4 heterocycles. The molecule has 0 saturated carbocycles. The van der Waals surface area contributed by atoms with Crippen LogP contribution >= 0.6 is 0 Å². The topological polar surface area (TPSA) is 88.0 Å². The fourth-order valence-electron chi connectivity index (χ4n) is 3.02. The minimum atomic E-state index is -0.434. The van der Waals surface area contributed by atoms with E-state index in [1.165, 1.54) is 23.4 Å². The standard InChI is InChI=1S/C17H15N5O2/c23-22(24)13-3-4-16(19-10-13)21-8-5-12(6-9-21)15-11-20-17-14(15)2-1-7-18-17/h1-5,7,10-11H,6,8-9H2,(H,18,20). The lowest BCUT2D eigenvalue weighted by Crippen LogP contribution is -2.28. The maximum absolute atomic E-state index is 10.7. The molecule has 3 aromatic heterocycles. The van der Waals surface area contributed by atoms with Gasteiger partial charge in [-0.05, 0) is 30.2 Å². The molecule has 0 fully saturated rings. The van der Waals surface area contributed by atoms with Crippen LogP contribution in [-0.2, 0) is 0 Å². The Morgan fingerprint density at radius 1 is 1.25 bits per heavy atom. The number of nitrogens with one attached hydrogen (secondary N) is 1. The molecule has 1 aliphatic heterocycles. The van der Waals surface area contributed by atoms with E-state index in [0.29, 0.717) is 0 Å². The summed E-state index contributed by atoms with van der Waals surface area (Å²) in [6, 6.07) is 7.20. The summed E-state index contributed by atoms with van der Waals surface area (Å²) in [5, 5.41) is 11.8. The molecule has 0 spiro atoms. The van der Waals surface area contributed by atoms with Crippen LogP contribution in [0.25, 0.3) is 16.6 Å². The van der Waals surface area contributed by atoms with Gasteiger partial charge in [-0.25, -0.2) is 9.97 Å². The number of anilines is 1. The second-order valence-electron chi connectivity index (χ2n) is 5.66. The molecule has 0 bridgehead atoms. The Bertz CT molecular complexity index is 930. The van der Waals surface area contributed by atoms with Gasteiger partial charge in [0.1, 0.15) is 17.7 Å². The average Bonchev–Trinajstić information content (AvgIpc) is 3.06. The van der Waals surface area contributed by atoms with Gasteiger partial charge in [0.2, 0.25) is 0 Å². The van der Waals surface area contributed by atoms with E-state index in [-0.39, 0.29) is 5.69 Å². The third-order valence-corrected chi connectivity index (χ3v) is 4.27. The van der Waals surface area contributed by atoms with Crippen LogP contribution in [0.2, 0.25) is 0 Å². The SMILES string of the molecule is O=[N+]([O-])c1ccc(N2CC=C(c3c[nH]c4ncccc34)CC2)nc1. The first-order valence-corrected chi connectivity index (χ1v) is 7.69. The van der Waals surface area contributed by atoms with Crippen LogP contribution in [0.1, 0.15) is 12.0 Å². The van der Waals surface area contributed by atoms with Gasteiger partial charge < -0.3 is 9.88 Å². The quantitative estimate of drug-likeness (QED) is 0.591. The summed E-state index contributed by atoms with van der Waals surface area (Å²) in [4.78, 5) is 24.1. The van der Waals surface area contributed by atoms with E-state index in [2.05, 4.69) is 32.0 Å². The summed E-state index contributed by atoms with van der Waals surface area (Å²) in [6.07, 6.45) is 8.16. The molecule has 0 amide bonds. The number of fused-ring (bicyclic) bond motifs is 1. The summed E-state index contributed by atoms with van der Waals surface area (Å²) >= 11 is 0. The van der Waals surface area contributed by atoms with Crippen molar-refractivity contribution >= 4 is 28.1 Å². The summed E-state index contributed by atoms with van der Waals surface area (Å²) in [5.41, 5.74) is 3.38. The number of rotatable bonds is 3. The monoisotopic (exact) mass is 321 g/mol. The minimum absolute atomic E-state index is 0.0123. The number of nitrogens with zero attached hydrogens (tertiary/aromatic N) is 4. The van der Waals surface area contributed by atoms with Crippen molar-refractivity contribution in [2.45, 2.75) is 6.42 Å². The minimum Gasteiger partial charge on any atom is -0.353 e. The van der Waals surface area contributed by atoms with Gasteiger partial charge in [0.15, 0.2) is 0 Å². The highest BCUT2D eigenvalue weighted by Gasteiger charge is 2.17. The number of nitro groups is 1. The summed E-state index contributed by atoms with van der Waals surface area (Å²) in [6.45, 7) is 1.55. The predicted octanol–water partition coefficient (Wildman–Crippen LogP) is 3.16. The lowest BCUT2D eigenvalue weighted by molar-refractivity contribution is -0.385. The predicted molar refractivity (Wildman–Crippen MR) is 91.8 cm³/mol. The van der Waals surface area contributed by atoms with Gasteiger partial charge in [-0.2, -0.15) is 0 Å². The average molecular weight is 321 g/mol. The molecule has 0 saturated heterocycles. The maximum atomic E-state index is 10.7. The number of hydrogen-bond acceptors (Lipinski definition) is 5. The fraction of sp³-hybridized carbons (Fsp3) is 0.176. The van der Waals surface area contributed by atoms with Gasteiger partial charge in [0.05, 0.1) is 4.92 Å². The first kappa shape index (κ1) is 14.4. The highest BCUT2D eigenvalue weighted by molar-refractivity contribution is 5.91. The van der Waals surface area contributed by atoms with E-state index in [9.17, 15) is 10.1 Å².